The first-order valence-electron chi connectivity index (χ1n) is 6.73. The van der Waals surface area contributed by atoms with Gasteiger partial charge < -0.3 is 10.4 Å². The third kappa shape index (κ3) is 3.48. The predicted molar refractivity (Wildman–Crippen MR) is 63.3 cm³/mol. The average Bonchev–Trinajstić information content (AvgIpc) is 3.09. The Balaban J connectivity index is 1.63. The molecule has 2 aliphatic carbocycles. The van der Waals surface area contributed by atoms with Crippen LogP contribution in [-0.4, -0.2) is 23.7 Å². The van der Waals surface area contributed by atoms with Crippen LogP contribution in [0.15, 0.2) is 0 Å². The maximum absolute atomic E-state index is 11.0. The van der Waals surface area contributed by atoms with E-state index in [0.717, 1.165) is 31.7 Å². The van der Waals surface area contributed by atoms with Gasteiger partial charge in [0.15, 0.2) is 0 Å². The van der Waals surface area contributed by atoms with Gasteiger partial charge in [0, 0.05) is 0 Å². The second-order valence-electron chi connectivity index (χ2n) is 5.40. The van der Waals surface area contributed by atoms with E-state index in [1.54, 1.807) is 0 Å². The van der Waals surface area contributed by atoms with Gasteiger partial charge in [-0.05, 0) is 37.6 Å². The molecule has 0 aromatic heterocycles. The zero-order valence-corrected chi connectivity index (χ0v) is 9.95. The topological polar surface area (TPSA) is 49.3 Å². The fourth-order valence-electron chi connectivity index (χ4n) is 2.80. The van der Waals surface area contributed by atoms with Gasteiger partial charge in [-0.3, -0.25) is 4.79 Å². The van der Waals surface area contributed by atoms with Crippen LogP contribution in [0.1, 0.15) is 51.4 Å². The molecule has 0 heterocycles. The fourth-order valence-corrected chi connectivity index (χ4v) is 2.80. The minimum atomic E-state index is -0.661. The summed E-state index contributed by atoms with van der Waals surface area (Å²) in [7, 11) is 0. The van der Waals surface area contributed by atoms with Crippen molar-refractivity contribution < 1.29 is 9.90 Å². The standard InChI is InChI=1S/C13H23NO2/c15-13(16)12(11-6-7-11)14-9-8-10-4-2-1-3-5-10/h10-12,14H,1-9H2,(H,15,16). The van der Waals surface area contributed by atoms with Gasteiger partial charge in [0.25, 0.3) is 0 Å². The fraction of sp³-hybridized carbons (Fsp3) is 0.923. The summed E-state index contributed by atoms with van der Waals surface area (Å²) in [5.41, 5.74) is 0. The van der Waals surface area contributed by atoms with Gasteiger partial charge >= 0.3 is 5.97 Å². The molecule has 0 bridgehead atoms. The van der Waals surface area contributed by atoms with Gasteiger partial charge in [-0.15, -0.1) is 0 Å². The Bertz CT molecular complexity index is 232. The second kappa shape index (κ2) is 5.67. The highest BCUT2D eigenvalue weighted by molar-refractivity contribution is 5.74. The number of carbonyl (C=O) groups is 1. The van der Waals surface area contributed by atoms with Crippen LogP contribution in [-0.2, 0) is 4.79 Å². The van der Waals surface area contributed by atoms with Crippen LogP contribution in [0, 0.1) is 11.8 Å². The minimum absolute atomic E-state index is 0.274. The summed E-state index contributed by atoms with van der Waals surface area (Å²) in [6, 6.07) is -0.274. The zero-order valence-electron chi connectivity index (χ0n) is 9.95. The molecular weight excluding hydrogens is 202 g/mol. The van der Waals surface area contributed by atoms with Crippen LogP contribution in [0.2, 0.25) is 0 Å². The second-order valence-corrected chi connectivity index (χ2v) is 5.40. The van der Waals surface area contributed by atoms with E-state index in [2.05, 4.69) is 5.32 Å². The summed E-state index contributed by atoms with van der Waals surface area (Å²) in [5, 5.41) is 12.3. The van der Waals surface area contributed by atoms with Gasteiger partial charge in [-0.1, -0.05) is 32.1 Å². The average molecular weight is 225 g/mol. The number of nitrogens with one attached hydrogen (secondary N) is 1. The predicted octanol–water partition coefficient (Wildman–Crippen LogP) is 2.41. The zero-order chi connectivity index (χ0) is 11.4. The Morgan fingerprint density at radius 2 is 1.88 bits per heavy atom. The smallest absolute Gasteiger partial charge is 0.320 e. The van der Waals surface area contributed by atoms with Gasteiger partial charge in [-0.25, -0.2) is 0 Å². The third-order valence-electron chi connectivity index (χ3n) is 4.00. The van der Waals surface area contributed by atoms with Crippen molar-refractivity contribution >= 4 is 5.97 Å². The quantitative estimate of drug-likeness (QED) is 0.730. The normalized spacial score (nSPS) is 24.2. The number of hydrogen-bond donors (Lipinski definition) is 2. The monoisotopic (exact) mass is 225 g/mol. The molecule has 0 spiro atoms. The Morgan fingerprint density at radius 1 is 1.19 bits per heavy atom. The van der Waals surface area contributed by atoms with Gasteiger partial charge in [0.1, 0.15) is 6.04 Å². The molecule has 0 aromatic carbocycles. The molecule has 2 fully saturated rings. The van der Waals surface area contributed by atoms with E-state index in [4.69, 9.17) is 5.11 Å². The molecule has 16 heavy (non-hydrogen) atoms. The van der Waals surface area contributed by atoms with Crippen molar-refractivity contribution in [3.05, 3.63) is 0 Å². The van der Waals surface area contributed by atoms with Crippen molar-refractivity contribution in [1.29, 1.82) is 0 Å². The highest BCUT2D eigenvalue weighted by atomic mass is 16.4. The molecular formula is C13H23NO2. The first-order chi connectivity index (χ1) is 7.77. The largest absolute Gasteiger partial charge is 0.480 e. The van der Waals surface area contributed by atoms with E-state index in [9.17, 15) is 4.79 Å². The molecule has 1 unspecified atom stereocenters. The van der Waals surface area contributed by atoms with E-state index < -0.39 is 5.97 Å². The molecule has 1 atom stereocenters. The Hall–Kier alpha value is -0.570. The first-order valence-corrected chi connectivity index (χ1v) is 6.73. The van der Waals surface area contributed by atoms with Crippen molar-refractivity contribution in [3.8, 4) is 0 Å². The van der Waals surface area contributed by atoms with Crippen LogP contribution < -0.4 is 5.32 Å². The molecule has 0 aromatic rings. The van der Waals surface area contributed by atoms with Crippen molar-refractivity contribution in [2.45, 2.75) is 57.4 Å². The van der Waals surface area contributed by atoms with Crippen molar-refractivity contribution in [3.63, 3.8) is 0 Å². The number of carboxylic acids is 1. The molecule has 2 rings (SSSR count). The molecule has 0 radical (unpaired) electrons. The Morgan fingerprint density at radius 3 is 2.44 bits per heavy atom. The molecule has 0 aliphatic heterocycles. The van der Waals surface area contributed by atoms with E-state index in [1.807, 2.05) is 0 Å². The van der Waals surface area contributed by atoms with Crippen LogP contribution in [0.4, 0.5) is 0 Å². The highest BCUT2D eigenvalue weighted by Gasteiger charge is 2.35. The SMILES string of the molecule is O=C(O)C(NCCC1CCCCC1)C1CC1. The molecule has 3 heteroatoms. The Kier molecular flexibility index (Phi) is 4.22. The van der Waals surface area contributed by atoms with E-state index in [0.29, 0.717) is 5.92 Å². The molecule has 3 nitrogen and oxygen atoms in total. The maximum Gasteiger partial charge on any atom is 0.320 e. The molecule has 2 aliphatic rings. The van der Waals surface area contributed by atoms with Crippen LogP contribution >= 0.6 is 0 Å². The van der Waals surface area contributed by atoms with Crippen molar-refractivity contribution in [2.75, 3.05) is 6.54 Å². The lowest BCUT2D eigenvalue weighted by molar-refractivity contribution is -0.140. The maximum atomic E-state index is 11.0. The summed E-state index contributed by atoms with van der Waals surface area (Å²) in [6.07, 6.45) is 10.2. The van der Waals surface area contributed by atoms with Gasteiger partial charge in [0.05, 0.1) is 0 Å². The summed E-state index contributed by atoms with van der Waals surface area (Å²) in [6.45, 7) is 0.887. The first kappa shape index (κ1) is 11.9. The Labute approximate surface area is 97.6 Å². The van der Waals surface area contributed by atoms with Crippen LogP contribution in [0.25, 0.3) is 0 Å². The summed E-state index contributed by atoms with van der Waals surface area (Å²) in [4.78, 5) is 11.0. The van der Waals surface area contributed by atoms with Gasteiger partial charge in [0.2, 0.25) is 0 Å². The lowest BCUT2D eigenvalue weighted by atomic mass is 9.87. The van der Waals surface area contributed by atoms with Crippen LogP contribution in [0.5, 0.6) is 0 Å². The van der Waals surface area contributed by atoms with Gasteiger partial charge in [-0.2, -0.15) is 0 Å². The lowest BCUT2D eigenvalue weighted by Gasteiger charge is -2.22. The number of hydrogen-bond acceptors (Lipinski definition) is 2. The molecule has 0 saturated heterocycles. The minimum Gasteiger partial charge on any atom is -0.480 e. The van der Waals surface area contributed by atoms with Crippen LogP contribution in [0.3, 0.4) is 0 Å². The molecule has 0 amide bonds. The number of aliphatic carboxylic acids is 1. The summed E-state index contributed by atoms with van der Waals surface area (Å²) in [5.74, 6) is 0.588. The highest BCUT2D eigenvalue weighted by Crippen LogP contribution is 2.33. The summed E-state index contributed by atoms with van der Waals surface area (Å²) < 4.78 is 0. The van der Waals surface area contributed by atoms with Crippen molar-refractivity contribution in [1.82, 2.24) is 5.32 Å². The molecule has 92 valence electrons. The molecule has 2 saturated carbocycles. The van der Waals surface area contributed by atoms with Crippen molar-refractivity contribution in [2.24, 2.45) is 11.8 Å². The number of carboxylic acid groups (broad SMARTS) is 1. The molecule has 2 N–H and O–H groups in total. The van der Waals surface area contributed by atoms with E-state index in [1.165, 1.54) is 32.1 Å². The van der Waals surface area contributed by atoms with E-state index in [-0.39, 0.29) is 6.04 Å². The number of rotatable bonds is 6. The third-order valence-corrected chi connectivity index (χ3v) is 4.00. The lowest BCUT2D eigenvalue weighted by Crippen LogP contribution is -2.39. The van der Waals surface area contributed by atoms with E-state index >= 15 is 0 Å². The summed E-state index contributed by atoms with van der Waals surface area (Å²) >= 11 is 0.